The number of nitrogens with two attached hydrogens (primary N) is 1. The molecule has 0 saturated heterocycles. The van der Waals surface area contributed by atoms with Crippen LogP contribution in [0.4, 0.5) is 0 Å². The minimum atomic E-state index is -0.702. The minimum absolute atomic E-state index is 0.0930. The van der Waals surface area contributed by atoms with Crippen molar-refractivity contribution in [2.75, 3.05) is 13.6 Å². The van der Waals surface area contributed by atoms with Gasteiger partial charge in [-0.1, -0.05) is 6.92 Å². The Labute approximate surface area is 115 Å². The molecule has 1 aromatic rings. The Morgan fingerprint density at radius 1 is 1.44 bits per heavy atom. The van der Waals surface area contributed by atoms with E-state index in [2.05, 4.69) is 30.9 Å². The molecule has 1 aromatic heterocycles. The van der Waals surface area contributed by atoms with Crippen LogP contribution >= 0.6 is 11.3 Å². The van der Waals surface area contributed by atoms with Crippen molar-refractivity contribution >= 4 is 11.3 Å². The lowest BCUT2D eigenvalue weighted by Crippen LogP contribution is -2.44. The van der Waals surface area contributed by atoms with Crippen LogP contribution in [0.5, 0.6) is 0 Å². The number of aryl methyl sites for hydroxylation is 1. The van der Waals surface area contributed by atoms with E-state index in [1.807, 2.05) is 20.9 Å². The van der Waals surface area contributed by atoms with E-state index >= 15 is 0 Å². The van der Waals surface area contributed by atoms with Crippen LogP contribution in [0.3, 0.4) is 0 Å². The van der Waals surface area contributed by atoms with E-state index in [-0.39, 0.29) is 12.1 Å². The summed E-state index contributed by atoms with van der Waals surface area (Å²) in [4.78, 5) is 4.75. The van der Waals surface area contributed by atoms with Crippen molar-refractivity contribution in [2.45, 2.75) is 51.8 Å². The average molecular weight is 270 g/mol. The fraction of sp³-hybridized carbons (Fsp3) is 0.714. The van der Waals surface area contributed by atoms with Crippen LogP contribution in [0.1, 0.15) is 43.0 Å². The summed E-state index contributed by atoms with van der Waals surface area (Å²) in [7, 11) is 2.03. The maximum absolute atomic E-state index is 9.96. The van der Waals surface area contributed by atoms with Gasteiger partial charge in [0.25, 0.3) is 0 Å². The lowest BCUT2D eigenvalue weighted by molar-refractivity contribution is 0.0272. The van der Waals surface area contributed by atoms with Crippen LogP contribution in [0.2, 0.25) is 0 Å². The SMILES string of the molecule is CCC(N)C(c1ccc(C)s1)N(C)CC(C)(C)O. The Balaban J connectivity index is 2.92. The summed E-state index contributed by atoms with van der Waals surface area (Å²) in [5.41, 5.74) is 5.56. The van der Waals surface area contributed by atoms with Gasteiger partial charge < -0.3 is 10.8 Å². The van der Waals surface area contributed by atoms with E-state index < -0.39 is 5.60 Å². The second-order valence-electron chi connectivity index (χ2n) is 5.69. The second-order valence-corrected chi connectivity index (χ2v) is 7.01. The van der Waals surface area contributed by atoms with E-state index in [4.69, 9.17) is 5.73 Å². The fourth-order valence-corrected chi connectivity index (χ4v) is 3.42. The van der Waals surface area contributed by atoms with Crippen LogP contribution in [0.15, 0.2) is 12.1 Å². The minimum Gasteiger partial charge on any atom is -0.389 e. The Bertz CT molecular complexity index is 370. The van der Waals surface area contributed by atoms with Crippen molar-refractivity contribution in [2.24, 2.45) is 5.73 Å². The van der Waals surface area contributed by atoms with Crippen LogP contribution in [-0.4, -0.2) is 35.2 Å². The molecule has 0 radical (unpaired) electrons. The molecule has 2 unspecified atom stereocenters. The van der Waals surface area contributed by atoms with E-state index in [1.165, 1.54) is 9.75 Å². The molecule has 0 aliphatic carbocycles. The van der Waals surface area contributed by atoms with Crippen molar-refractivity contribution in [3.63, 3.8) is 0 Å². The topological polar surface area (TPSA) is 49.5 Å². The van der Waals surface area contributed by atoms with Crippen molar-refractivity contribution in [1.82, 2.24) is 4.90 Å². The molecule has 18 heavy (non-hydrogen) atoms. The Hall–Kier alpha value is -0.420. The fourth-order valence-electron chi connectivity index (χ4n) is 2.30. The number of hydrogen-bond acceptors (Lipinski definition) is 4. The third kappa shape index (κ3) is 4.35. The summed E-state index contributed by atoms with van der Waals surface area (Å²) in [6.45, 7) is 8.49. The summed E-state index contributed by atoms with van der Waals surface area (Å²) in [6.07, 6.45) is 0.928. The number of likely N-dealkylation sites (N-methyl/N-ethyl adjacent to an activating group) is 1. The van der Waals surface area contributed by atoms with Crippen LogP contribution < -0.4 is 5.73 Å². The average Bonchev–Trinajstić information content (AvgIpc) is 2.62. The van der Waals surface area contributed by atoms with E-state index in [9.17, 15) is 5.11 Å². The van der Waals surface area contributed by atoms with Gasteiger partial charge in [-0.2, -0.15) is 0 Å². The molecule has 0 bridgehead atoms. The molecule has 4 heteroatoms. The van der Waals surface area contributed by atoms with Crippen molar-refractivity contribution in [1.29, 1.82) is 0 Å². The highest BCUT2D eigenvalue weighted by Gasteiger charge is 2.27. The van der Waals surface area contributed by atoms with Gasteiger partial charge in [-0.3, -0.25) is 4.90 Å². The highest BCUT2D eigenvalue weighted by atomic mass is 32.1. The zero-order valence-electron chi connectivity index (χ0n) is 12.1. The van der Waals surface area contributed by atoms with Gasteiger partial charge in [-0.05, 0) is 46.4 Å². The molecule has 1 rings (SSSR count). The maximum atomic E-state index is 9.96. The molecule has 1 heterocycles. The van der Waals surface area contributed by atoms with Crippen LogP contribution in [0.25, 0.3) is 0 Å². The number of aliphatic hydroxyl groups is 1. The van der Waals surface area contributed by atoms with Gasteiger partial charge in [0, 0.05) is 22.3 Å². The summed E-state index contributed by atoms with van der Waals surface area (Å²) < 4.78 is 0. The predicted octanol–water partition coefficient (Wildman–Crippen LogP) is 2.54. The highest BCUT2D eigenvalue weighted by molar-refractivity contribution is 7.12. The largest absolute Gasteiger partial charge is 0.389 e. The molecule has 0 saturated carbocycles. The predicted molar refractivity (Wildman–Crippen MR) is 79.0 cm³/mol. The monoisotopic (exact) mass is 270 g/mol. The van der Waals surface area contributed by atoms with Gasteiger partial charge in [0.05, 0.1) is 11.6 Å². The third-order valence-corrected chi connectivity index (χ3v) is 4.11. The van der Waals surface area contributed by atoms with Gasteiger partial charge in [-0.25, -0.2) is 0 Å². The lowest BCUT2D eigenvalue weighted by atomic mass is 10.0. The van der Waals surface area contributed by atoms with E-state index in [0.717, 1.165) is 6.42 Å². The van der Waals surface area contributed by atoms with E-state index in [0.29, 0.717) is 6.54 Å². The van der Waals surface area contributed by atoms with Gasteiger partial charge in [0.2, 0.25) is 0 Å². The zero-order chi connectivity index (χ0) is 13.9. The van der Waals surface area contributed by atoms with Crippen molar-refractivity contribution < 1.29 is 5.11 Å². The molecule has 0 aliphatic rings. The first kappa shape index (κ1) is 15.6. The number of nitrogens with zero attached hydrogens (tertiary/aromatic N) is 1. The molecule has 3 N–H and O–H groups in total. The van der Waals surface area contributed by atoms with Gasteiger partial charge >= 0.3 is 0 Å². The molecule has 0 aliphatic heterocycles. The molecule has 0 aromatic carbocycles. The molecule has 3 nitrogen and oxygen atoms in total. The molecule has 0 fully saturated rings. The Morgan fingerprint density at radius 3 is 2.44 bits per heavy atom. The molecule has 0 spiro atoms. The zero-order valence-corrected chi connectivity index (χ0v) is 12.9. The van der Waals surface area contributed by atoms with Gasteiger partial charge in [0.1, 0.15) is 0 Å². The van der Waals surface area contributed by atoms with E-state index in [1.54, 1.807) is 11.3 Å². The first-order valence-corrected chi connectivity index (χ1v) is 7.30. The first-order valence-electron chi connectivity index (χ1n) is 6.49. The smallest absolute Gasteiger partial charge is 0.0718 e. The van der Waals surface area contributed by atoms with Crippen molar-refractivity contribution in [3.05, 3.63) is 21.9 Å². The molecular weight excluding hydrogens is 244 g/mol. The molecule has 2 atom stereocenters. The summed E-state index contributed by atoms with van der Waals surface area (Å²) in [5.74, 6) is 0. The lowest BCUT2D eigenvalue weighted by Gasteiger charge is -2.35. The number of thiophene rings is 1. The van der Waals surface area contributed by atoms with Crippen molar-refractivity contribution in [3.8, 4) is 0 Å². The highest BCUT2D eigenvalue weighted by Crippen LogP contribution is 2.30. The quantitative estimate of drug-likeness (QED) is 0.835. The van der Waals surface area contributed by atoms with Gasteiger partial charge in [0.15, 0.2) is 0 Å². The molecule has 104 valence electrons. The number of hydrogen-bond donors (Lipinski definition) is 2. The summed E-state index contributed by atoms with van der Waals surface area (Å²) in [5, 5.41) is 9.96. The first-order chi connectivity index (χ1) is 8.24. The molecular formula is C14H26N2OS. The second kappa shape index (κ2) is 6.15. The Morgan fingerprint density at radius 2 is 2.06 bits per heavy atom. The van der Waals surface area contributed by atoms with Crippen LogP contribution in [0, 0.1) is 6.92 Å². The van der Waals surface area contributed by atoms with Crippen LogP contribution in [-0.2, 0) is 0 Å². The maximum Gasteiger partial charge on any atom is 0.0718 e. The number of rotatable bonds is 6. The standard InChI is InChI=1S/C14H26N2OS/c1-6-11(15)13(12-8-7-10(2)18-12)16(5)9-14(3,4)17/h7-8,11,13,17H,6,9,15H2,1-5H3. The van der Waals surface area contributed by atoms with Gasteiger partial charge in [-0.15, -0.1) is 11.3 Å². The third-order valence-electron chi connectivity index (χ3n) is 3.04. The summed E-state index contributed by atoms with van der Waals surface area (Å²) in [6, 6.07) is 4.56. The normalized spacial score (nSPS) is 16.0. The molecule has 0 amide bonds. The Kier molecular flexibility index (Phi) is 5.34. The summed E-state index contributed by atoms with van der Waals surface area (Å²) >= 11 is 1.79.